The standard InChI is InChI=1S/C24H28N4O2/c1-19(23-25-26-24(30-23)21-12-6-3-7-13-21)27-15-17-28(18-16-27)22(29)14-8-11-20-9-4-2-5-10-20/h2-7,9-10,12-13,19H,8,11,14-18H2,1H3. The molecule has 1 aromatic heterocycles. The maximum absolute atomic E-state index is 12.6. The molecule has 0 aliphatic carbocycles. The largest absolute Gasteiger partial charge is 0.419 e. The van der Waals surface area contributed by atoms with Crippen molar-refractivity contribution in [1.82, 2.24) is 20.0 Å². The molecule has 2 aromatic carbocycles. The summed E-state index contributed by atoms with van der Waals surface area (Å²) in [5.74, 6) is 1.42. The predicted octanol–water partition coefficient (Wildman–Crippen LogP) is 3.96. The highest BCUT2D eigenvalue weighted by atomic mass is 16.4. The summed E-state index contributed by atoms with van der Waals surface area (Å²) in [4.78, 5) is 16.8. The zero-order valence-electron chi connectivity index (χ0n) is 17.4. The van der Waals surface area contributed by atoms with Gasteiger partial charge in [0, 0.05) is 38.2 Å². The molecule has 0 bridgehead atoms. The van der Waals surface area contributed by atoms with Crippen LogP contribution in [0.25, 0.3) is 11.5 Å². The molecular formula is C24H28N4O2. The molecule has 1 aliphatic rings. The molecule has 156 valence electrons. The summed E-state index contributed by atoms with van der Waals surface area (Å²) < 4.78 is 5.91. The van der Waals surface area contributed by atoms with E-state index in [0.717, 1.165) is 44.6 Å². The van der Waals surface area contributed by atoms with Crippen molar-refractivity contribution in [1.29, 1.82) is 0 Å². The van der Waals surface area contributed by atoms with E-state index in [2.05, 4.69) is 34.2 Å². The van der Waals surface area contributed by atoms with Crippen molar-refractivity contribution in [3.8, 4) is 11.5 Å². The summed E-state index contributed by atoms with van der Waals surface area (Å²) in [6.45, 7) is 5.20. The zero-order chi connectivity index (χ0) is 20.8. The van der Waals surface area contributed by atoms with E-state index in [-0.39, 0.29) is 11.9 Å². The summed E-state index contributed by atoms with van der Waals surface area (Å²) in [6.07, 6.45) is 2.45. The van der Waals surface area contributed by atoms with E-state index in [4.69, 9.17) is 4.42 Å². The molecular weight excluding hydrogens is 376 g/mol. The minimum Gasteiger partial charge on any atom is -0.419 e. The van der Waals surface area contributed by atoms with Crippen LogP contribution < -0.4 is 0 Å². The molecule has 1 atom stereocenters. The molecule has 30 heavy (non-hydrogen) atoms. The van der Waals surface area contributed by atoms with Crippen LogP contribution in [0.2, 0.25) is 0 Å². The van der Waals surface area contributed by atoms with Crippen molar-refractivity contribution >= 4 is 5.91 Å². The van der Waals surface area contributed by atoms with E-state index in [1.807, 2.05) is 53.4 Å². The second kappa shape index (κ2) is 9.67. The van der Waals surface area contributed by atoms with Crippen molar-refractivity contribution in [3.63, 3.8) is 0 Å². The SMILES string of the molecule is CC(c1nnc(-c2ccccc2)o1)N1CCN(C(=O)CCCc2ccccc2)CC1. The fraction of sp³-hybridized carbons (Fsp3) is 0.375. The number of hydrogen-bond acceptors (Lipinski definition) is 5. The third-order valence-corrected chi connectivity index (χ3v) is 5.73. The fourth-order valence-corrected chi connectivity index (χ4v) is 3.86. The zero-order valence-corrected chi connectivity index (χ0v) is 17.4. The first-order valence-corrected chi connectivity index (χ1v) is 10.7. The van der Waals surface area contributed by atoms with Crippen molar-refractivity contribution in [2.45, 2.75) is 32.2 Å². The molecule has 4 rings (SSSR count). The van der Waals surface area contributed by atoms with Gasteiger partial charge in [-0.15, -0.1) is 10.2 Å². The van der Waals surface area contributed by atoms with Crippen LogP contribution in [-0.4, -0.2) is 52.1 Å². The second-order valence-corrected chi connectivity index (χ2v) is 7.74. The van der Waals surface area contributed by atoms with Crippen LogP contribution in [0.15, 0.2) is 65.1 Å². The van der Waals surface area contributed by atoms with Gasteiger partial charge in [0.1, 0.15) is 0 Å². The van der Waals surface area contributed by atoms with Crippen molar-refractivity contribution in [3.05, 3.63) is 72.1 Å². The Bertz CT molecular complexity index is 934. The molecule has 1 fully saturated rings. The summed E-state index contributed by atoms with van der Waals surface area (Å²) in [5, 5.41) is 8.45. The van der Waals surface area contributed by atoms with Gasteiger partial charge in [-0.25, -0.2) is 0 Å². The Morgan fingerprint density at radius 1 is 0.967 bits per heavy atom. The summed E-state index contributed by atoms with van der Waals surface area (Å²) in [5.41, 5.74) is 2.22. The average molecular weight is 405 g/mol. The van der Waals surface area contributed by atoms with E-state index in [9.17, 15) is 4.79 Å². The molecule has 2 heterocycles. The number of carbonyl (C=O) groups excluding carboxylic acids is 1. The monoisotopic (exact) mass is 404 g/mol. The van der Waals surface area contributed by atoms with Gasteiger partial charge in [-0.3, -0.25) is 9.69 Å². The normalized spacial score (nSPS) is 15.8. The highest BCUT2D eigenvalue weighted by Crippen LogP contribution is 2.24. The quantitative estimate of drug-likeness (QED) is 0.596. The van der Waals surface area contributed by atoms with Gasteiger partial charge in [-0.05, 0) is 37.5 Å². The smallest absolute Gasteiger partial charge is 0.247 e. The van der Waals surface area contributed by atoms with Gasteiger partial charge < -0.3 is 9.32 Å². The maximum Gasteiger partial charge on any atom is 0.247 e. The molecule has 6 nitrogen and oxygen atoms in total. The van der Waals surface area contributed by atoms with Crippen LogP contribution in [0.4, 0.5) is 0 Å². The van der Waals surface area contributed by atoms with Crippen molar-refractivity contribution < 1.29 is 9.21 Å². The van der Waals surface area contributed by atoms with Gasteiger partial charge in [-0.2, -0.15) is 0 Å². The van der Waals surface area contributed by atoms with Gasteiger partial charge in [0.05, 0.1) is 6.04 Å². The molecule has 1 aliphatic heterocycles. The summed E-state index contributed by atoms with van der Waals surface area (Å²) in [6, 6.07) is 20.2. The molecule has 0 N–H and O–H groups in total. The van der Waals surface area contributed by atoms with E-state index in [0.29, 0.717) is 18.2 Å². The van der Waals surface area contributed by atoms with E-state index in [1.54, 1.807) is 0 Å². The highest BCUT2D eigenvalue weighted by molar-refractivity contribution is 5.76. The molecule has 0 saturated carbocycles. The lowest BCUT2D eigenvalue weighted by Gasteiger charge is -2.37. The van der Waals surface area contributed by atoms with Gasteiger partial charge in [0.15, 0.2) is 0 Å². The van der Waals surface area contributed by atoms with Crippen LogP contribution in [-0.2, 0) is 11.2 Å². The molecule has 0 spiro atoms. The molecule has 1 unspecified atom stereocenters. The number of benzene rings is 2. The molecule has 6 heteroatoms. The Labute approximate surface area is 177 Å². The third-order valence-electron chi connectivity index (χ3n) is 5.73. The second-order valence-electron chi connectivity index (χ2n) is 7.74. The van der Waals surface area contributed by atoms with E-state index >= 15 is 0 Å². The van der Waals surface area contributed by atoms with Crippen LogP contribution in [0.3, 0.4) is 0 Å². The maximum atomic E-state index is 12.6. The lowest BCUT2D eigenvalue weighted by atomic mass is 10.1. The summed E-state index contributed by atoms with van der Waals surface area (Å²) >= 11 is 0. The molecule has 0 radical (unpaired) electrons. The first-order valence-electron chi connectivity index (χ1n) is 10.7. The number of nitrogens with zero attached hydrogens (tertiary/aromatic N) is 4. The lowest BCUT2D eigenvalue weighted by molar-refractivity contribution is -0.133. The van der Waals surface area contributed by atoms with Gasteiger partial charge in [0.2, 0.25) is 17.7 Å². The van der Waals surface area contributed by atoms with Crippen molar-refractivity contribution in [2.24, 2.45) is 0 Å². The Morgan fingerprint density at radius 3 is 2.33 bits per heavy atom. The Morgan fingerprint density at radius 2 is 1.63 bits per heavy atom. The fourth-order valence-electron chi connectivity index (χ4n) is 3.86. The predicted molar refractivity (Wildman–Crippen MR) is 116 cm³/mol. The minimum absolute atomic E-state index is 0.0327. The number of aryl methyl sites for hydroxylation is 1. The van der Waals surface area contributed by atoms with E-state index < -0.39 is 0 Å². The first kappa shape index (κ1) is 20.3. The van der Waals surface area contributed by atoms with Crippen LogP contribution >= 0.6 is 0 Å². The van der Waals surface area contributed by atoms with Crippen LogP contribution in [0.1, 0.15) is 37.3 Å². The molecule has 1 amide bonds. The van der Waals surface area contributed by atoms with Crippen LogP contribution in [0.5, 0.6) is 0 Å². The summed E-state index contributed by atoms with van der Waals surface area (Å²) in [7, 11) is 0. The van der Waals surface area contributed by atoms with Gasteiger partial charge >= 0.3 is 0 Å². The number of hydrogen-bond donors (Lipinski definition) is 0. The topological polar surface area (TPSA) is 62.5 Å². The number of piperazine rings is 1. The molecule has 1 saturated heterocycles. The average Bonchev–Trinajstić information content (AvgIpc) is 3.30. The third kappa shape index (κ3) is 4.94. The number of carbonyl (C=O) groups is 1. The lowest BCUT2D eigenvalue weighted by Crippen LogP contribution is -2.49. The Balaban J connectivity index is 1.25. The van der Waals surface area contributed by atoms with E-state index in [1.165, 1.54) is 5.56 Å². The molecule has 3 aromatic rings. The highest BCUT2D eigenvalue weighted by Gasteiger charge is 2.27. The Kier molecular flexibility index (Phi) is 6.54. The first-order chi connectivity index (χ1) is 14.7. The number of amides is 1. The number of aromatic nitrogens is 2. The number of rotatable bonds is 7. The Hall–Kier alpha value is -2.99. The van der Waals surface area contributed by atoms with Crippen LogP contribution in [0, 0.1) is 0 Å². The minimum atomic E-state index is 0.0327. The van der Waals surface area contributed by atoms with Gasteiger partial charge in [-0.1, -0.05) is 48.5 Å². The van der Waals surface area contributed by atoms with Crippen molar-refractivity contribution in [2.75, 3.05) is 26.2 Å². The van der Waals surface area contributed by atoms with Gasteiger partial charge in [0.25, 0.3) is 0 Å².